The Morgan fingerprint density at radius 1 is 1.19 bits per heavy atom. The number of rotatable bonds is 9. The lowest BCUT2D eigenvalue weighted by atomic mass is 10.2. The van der Waals surface area contributed by atoms with Gasteiger partial charge in [-0.1, -0.05) is 11.6 Å². The molecule has 1 fully saturated rings. The Bertz CT molecular complexity index is 1080. The molecule has 1 aliphatic heterocycles. The van der Waals surface area contributed by atoms with Gasteiger partial charge in [-0.2, -0.15) is 0 Å². The van der Waals surface area contributed by atoms with Crippen LogP contribution in [0.25, 0.3) is 10.9 Å². The zero-order valence-electron chi connectivity index (χ0n) is 18.1. The maximum absolute atomic E-state index is 13.5. The third kappa shape index (κ3) is 5.20. The van der Waals surface area contributed by atoms with Crippen LogP contribution in [-0.2, 0) is 4.74 Å². The van der Waals surface area contributed by atoms with Gasteiger partial charge in [0.05, 0.1) is 30.4 Å². The summed E-state index contributed by atoms with van der Waals surface area (Å²) in [5, 5.41) is 3.97. The number of anilines is 2. The van der Waals surface area contributed by atoms with E-state index < -0.39 is 5.82 Å². The lowest BCUT2D eigenvalue weighted by Gasteiger charge is -2.17. The first-order valence-corrected chi connectivity index (χ1v) is 10.9. The molecule has 0 unspecified atom stereocenters. The zero-order valence-corrected chi connectivity index (χ0v) is 18.9. The maximum atomic E-state index is 13.5. The number of ether oxygens (including phenoxy) is 3. The minimum absolute atomic E-state index is 0.0360. The molecule has 2 aromatic carbocycles. The molecule has 1 aliphatic rings. The van der Waals surface area contributed by atoms with Crippen molar-refractivity contribution in [3.05, 3.63) is 47.5 Å². The van der Waals surface area contributed by atoms with Crippen LogP contribution in [0.2, 0.25) is 5.02 Å². The molecule has 170 valence electrons. The van der Waals surface area contributed by atoms with Crippen molar-refractivity contribution in [1.29, 1.82) is 0 Å². The topological polar surface area (TPSA) is 68.7 Å². The first-order valence-electron chi connectivity index (χ1n) is 10.5. The van der Waals surface area contributed by atoms with Crippen molar-refractivity contribution in [3.8, 4) is 11.5 Å². The normalized spacial score (nSPS) is 16.4. The molecule has 1 aromatic heterocycles. The van der Waals surface area contributed by atoms with Crippen LogP contribution in [0.15, 0.2) is 36.7 Å². The van der Waals surface area contributed by atoms with E-state index in [0.717, 1.165) is 37.9 Å². The van der Waals surface area contributed by atoms with E-state index in [2.05, 4.69) is 20.2 Å². The number of benzene rings is 2. The Morgan fingerprint density at radius 3 is 2.81 bits per heavy atom. The third-order valence-corrected chi connectivity index (χ3v) is 5.83. The van der Waals surface area contributed by atoms with Gasteiger partial charge in [0, 0.05) is 43.9 Å². The molecule has 0 bridgehead atoms. The first kappa shape index (κ1) is 22.5. The van der Waals surface area contributed by atoms with E-state index in [9.17, 15) is 4.39 Å². The van der Waals surface area contributed by atoms with E-state index >= 15 is 0 Å². The maximum Gasteiger partial charge on any atom is 0.162 e. The van der Waals surface area contributed by atoms with Gasteiger partial charge in [0.15, 0.2) is 11.5 Å². The summed E-state index contributed by atoms with van der Waals surface area (Å²) in [7, 11) is 3.37. The van der Waals surface area contributed by atoms with Crippen molar-refractivity contribution in [3.63, 3.8) is 0 Å². The van der Waals surface area contributed by atoms with Crippen LogP contribution >= 0.6 is 11.6 Å². The molecule has 0 aliphatic carbocycles. The largest absolute Gasteiger partial charge is 0.493 e. The van der Waals surface area contributed by atoms with Crippen molar-refractivity contribution in [1.82, 2.24) is 14.9 Å². The fourth-order valence-electron chi connectivity index (χ4n) is 3.81. The molecule has 1 N–H and O–H groups in total. The molecule has 9 heteroatoms. The van der Waals surface area contributed by atoms with Gasteiger partial charge in [-0.3, -0.25) is 0 Å². The summed E-state index contributed by atoms with van der Waals surface area (Å²) >= 11 is 5.90. The van der Waals surface area contributed by atoms with Crippen molar-refractivity contribution in [2.24, 2.45) is 0 Å². The van der Waals surface area contributed by atoms with E-state index in [-0.39, 0.29) is 5.02 Å². The summed E-state index contributed by atoms with van der Waals surface area (Å²) in [4.78, 5) is 11.1. The molecule has 1 atom stereocenters. The SMILES string of the molecule is COc1cc2ncnc(Nc3ccc(F)c(Cl)c3)c2cc1OCCCN1CC[C@H](OC)C1. The number of fused-ring (bicyclic) bond motifs is 1. The van der Waals surface area contributed by atoms with Crippen molar-refractivity contribution < 1.29 is 18.6 Å². The number of nitrogens with one attached hydrogen (secondary N) is 1. The molecule has 3 aromatic rings. The van der Waals surface area contributed by atoms with Crippen LogP contribution in [-0.4, -0.2) is 61.4 Å². The number of aromatic nitrogens is 2. The van der Waals surface area contributed by atoms with Crippen LogP contribution in [0.5, 0.6) is 11.5 Å². The quantitative estimate of drug-likeness (QED) is 0.465. The Kier molecular flexibility index (Phi) is 7.24. The van der Waals surface area contributed by atoms with Gasteiger partial charge < -0.3 is 24.4 Å². The molecule has 0 saturated carbocycles. The predicted octanol–water partition coefficient (Wildman–Crippen LogP) is 4.66. The lowest BCUT2D eigenvalue weighted by molar-refractivity contribution is 0.107. The predicted molar refractivity (Wildman–Crippen MR) is 123 cm³/mol. The minimum Gasteiger partial charge on any atom is -0.493 e. The fraction of sp³-hybridized carbons (Fsp3) is 0.391. The zero-order chi connectivity index (χ0) is 22.5. The van der Waals surface area contributed by atoms with Crippen LogP contribution in [0.1, 0.15) is 12.8 Å². The van der Waals surface area contributed by atoms with Crippen LogP contribution in [0.3, 0.4) is 0 Å². The number of nitrogens with zero attached hydrogens (tertiary/aromatic N) is 3. The van der Waals surface area contributed by atoms with E-state index in [1.807, 2.05) is 12.1 Å². The lowest BCUT2D eigenvalue weighted by Crippen LogP contribution is -2.25. The van der Waals surface area contributed by atoms with Gasteiger partial charge in [-0.05, 0) is 37.1 Å². The van der Waals surface area contributed by atoms with Crippen LogP contribution in [0.4, 0.5) is 15.9 Å². The average molecular weight is 461 g/mol. The second kappa shape index (κ2) is 10.3. The van der Waals surface area contributed by atoms with Gasteiger partial charge in [0.25, 0.3) is 0 Å². The van der Waals surface area contributed by atoms with E-state index in [1.165, 1.54) is 18.5 Å². The summed E-state index contributed by atoms with van der Waals surface area (Å²) in [6, 6.07) is 8.10. The number of halogens is 2. The summed E-state index contributed by atoms with van der Waals surface area (Å²) in [6.07, 6.45) is 3.75. The Balaban J connectivity index is 1.48. The Hall–Kier alpha value is -2.68. The fourth-order valence-corrected chi connectivity index (χ4v) is 3.99. The van der Waals surface area contributed by atoms with Crippen molar-refractivity contribution in [2.75, 3.05) is 45.8 Å². The highest BCUT2D eigenvalue weighted by Crippen LogP contribution is 2.35. The summed E-state index contributed by atoms with van der Waals surface area (Å²) in [5.74, 6) is 1.31. The van der Waals surface area contributed by atoms with Crippen molar-refractivity contribution in [2.45, 2.75) is 18.9 Å². The number of likely N-dealkylation sites (tertiary alicyclic amines) is 1. The average Bonchev–Trinajstić information content (AvgIpc) is 3.27. The number of hydrogen-bond donors (Lipinski definition) is 1. The monoisotopic (exact) mass is 460 g/mol. The molecular formula is C23H26ClFN4O3. The smallest absolute Gasteiger partial charge is 0.162 e. The highest BCUT2D eigenvalue weighted by Gasteiger charge is 2.21. The molecule has 32 heavy (non-hydrogen) atoms. The number of methoxy groups -OCH3 is 2. The van der Waals surface area contributed by atoms with Gasteiger partial charge in [-0.15, -0.1) is 0 Å². The van der Waals surface area contributed by atoms with Gasteiger partial charge in [0.2, 0.25) is 0 Å². The highest BCUT2D eigenvalue weighted by molar-refractivity contribution is 6.31. The molecule has 1 saturated heterocycles. The van der Waals surface area contributed by atoms with Gasteiger partial charge >= 0.3 is 0 Å². The van der Waals surface area contributed by atoms with Crippen molar-refractivity contribution >= 4 is 34.0 Å². The van der Waals surface area contributed by atoms with E-state index in [1.54, 1.807) is 20.3 Å². The number of hydrogen-bond acceptors (Lipinski definition) is 7. The molecule has 7 nitrogen and oxygen atoms in total. The Morgan fingerprint density at radius 2 is 2.06 bits per heavy atom. The summed E-state index contributed by atoms with van der Waals surface area (Å²) in [5.41, 5.74) is 1.32. The molecule has 2 heterocycles. The summed E-state index contributed by atoms with van der Waals surface area (Å²) in [6.45, 7) is 3.53. The van der Waals surface area contributed by atoms with Crippen LogP contribution in [0, 0.1) is 5.82 Å². The van der Waals surface area contributed by atoms with E-state index in [0.29, 0.717) is 41.2 Å². The first-order chi connectivity index (χ1) is 15.6. The third-order valence-electron chi connectivity index (χ3n) is 5.54. The molecule has 0 spiro atoms. The second-order valence-corrected chi connectivity index (χ2v) is 8.05. The van der Waals surface area contributed by atoms with Gasteiger partial charge in [0.1, 0.15) is 18.0 Å². The van der Waals surface area contributed by atoms with E-state index in [4.69, 9.17) is 25.8 Å². The molecule has 0 amide bonds. The van der Waals surface area contributed by atoms with Gasteiger partial charge in [-0.25, -0.2) is 14.4 Å². The second-order valence-electron chi connectivity index (χ2n) is 7.65. The standard InChI is InChI=1S/C23H26ClFN4O3/c1-30-16-6-8-29(13-16)7-3-9-32-22-11-17-20(12-21(22)31-2)26-14-27-23(17)28-15-4-5-19(25)18(24)10-15/h4-5,10-12,14,16H,3,6-9,13H2,1-2H3,(H,26,27,28)/t16-/m0/s1. The Labute approximate surface area is 191 Å². The highest BCUT2D eigenvalue weighted by atomic mass is 35.5. The minimum atomic E-state index is -0.475. The molecule has 4 rings (SSSR count). The molecule has 0 radical (unpaired) electrons. The van der Waals surface area contributed by atoms with Crippen LogP contribution < -0.4 is 14.8 Å². The molecular weight excluding hydrogens is 435 g/mol. The summed E-state index contributed by atoms with van der Waals surface area (Å²) < 4.78 is 30.5.